The van der Waals surface area contributed by atoms with Crippen molar-refractivity contribution in [1.82, 2.24) is 0 Å². The van der Waals surface area contributed by atoms with Gasteiger partial charge in [0, 0.05) is 23.4 Å². The second-order valence-electron chi connectivity index (χ2n) is 6.18. The number of fused-ring (bicyclic) bond motifs is 1. The van der Waals surface area contributed by atoms with Crippen LogP contribution in [-0.2, 0) is 22.4 Å². The van der Waals surface area contributed by atoms with Crippen LogP contribution in [0.25, 0.3) is 0 Å². The van der Waals surface area contributed by atoms with Gasteiger partial charge >= 0.3 is 5.97 Å². The molecule has 0 bridgehead atoms. The Hall–Kier alpha value is -2.67. The van der Waals surface area contributed by atoms with Crippen molar-refractivity contribution in [2.75, 3.05) is 10.6 Å². The molecule has 1 aromatic heterocycles. The first kappa shape index (κ1) is 18.1. The summed E-state index contributed by atoms with van der Waals surface area (Å²) < 4.78 is 0. The summed E-state index contributed by atoms with van der Waals surface area (Å²) in [5.41, 5.74) is 2.26. The maximum Gasteiger partial charge on any atom is 0.303 e. The number of carboxylic acid groups (broad SMARTS) is 1. The third kappa shape index (κ3) is 4.29. The molecule has 2 amide bonds. The fraction of sp³-hybridized carbons (Fsp3) is 0.316. The van der Waals surface area contributed by atoms with Crippen LogP contribution in [0, 0.1) is 0 Å². The summed E-state index contributed by atoms with van der Waals surface area (Å²) in [6.45, 7) is 0. The number of carboxylic acids is 1. The number of carbonyl (C=O) groups is 3. The minimum atomic E-state index is -0.921. The van der Waals surface area contributed by atoms with E-state index in [1.165, 1.54) is 11.3 Å². The number of aliphatic carboxylic acids is 1. The van der Waals surface area contributed by atoms with E-state index in [0.29, 0.717) is 16.3 Å². The zero-order valence-corrected chi connectivity index (χ0v) is 15.0. The molecule has 0 atom stereocenters. The van der Waals surface area contributed by atoms with Gasteiger partial charge in [0.25, 0.3) is 5.91 Å². The van der Waals surface area contributed by atoms with Gasteiger partial charge in [0.2, 0.25) is 5.91 Å². The maximum absolute atomic E-state index is 12.8. The molecule has 0 spiro atoms. The van der Waals surface area contributed by atoms with Crippen molar-refractivity contribution in [3.63, 3.8) is 0 Å². The Morgan fingerprint density at radius 1 is 1.04 bits per heavy atom. The number of rotatable bonds is 7. The van der Waals surface area contributed by atoms with Crippen LogP contribution in [0.5, 0.6) is 0 Å². The first-order valence-corrected chi connectivity index (χ1v) is 9.39. The van der Waals surface area contributed by atoms with Gasteiger partial charge in [0.15, 0.2) is 0 Å². The fourth-order valence-corrected chi connectivity index (χ4v) is 4.34. The van der Waals surface area contributed by atoms with Crippen LogP contribution in [0.15, 0.2) is 30.3 Å². The van der Waals surface area contributed by atoms with Crippen LogP contribution in [0.1, 0.15) is 46.5 Å². The molecular weight excluding hydrogens is 352 g/mol. The first-order valence-electron chi connectivity index (χ1n) is 8.57. The van der Waals surface area contributed by atoms with Gasteiger partial charge < -0.3 is 15.7 Å². The Morgan fingerprint density at radius 3 is 2.54 bits per heavy atom. The highest BCUT2D eigenvalue weighted by Crippen LogP contribution is 2.39. The van der Waals surface area contributed by atoms with Crippen molar-refractivity contribution >= 4 is 39.8 Å². The second kappa shape index (κ2) is 8.14. The quantitative estimate of drug-likeness (QED) is 0.691. The Labute approximate surface area is 155 Å². The minimum Gasteiger partial charge on any atom is -0.481 e. The highest BCUT2D eigenvalue weighted by atomic mass is 32.1. The van der Waals surface area contributed by atoms with E-state index in [1.807, 2.05) is 30.3 Å². The fourth-order valence-electron chi connectivity index (χ4n) is 3.04. The van der Waals surface area contributed by atoms with Gasteiger partial charge in [0.1, 0.15) is 5.00 Å². The maximum atomic E-state index is 12.8. The zero-order chi connectivity index (χ0) is 18.5. The molecular formula is C19H20N2O4S. The third-order valence-corrected chi connectivity index (χ3v) is 5.43. The van der Waals surface area contributed by atoms with E-state index in [1.54, 1.807) is 0 Å². The molecule has 0 radical (unpaired) electrons. The minimum absolute atomic E-state index is 0.0459. The van der Waals surface area contributed by atoms with E-state index in [0.717, 1.165) is 29.7 Å². The van der Waals surface area contributed by atoms with Gasteiger partial charge in [-0.25, -0.2) is 0 Å². The van der Waals surface area contributed by atoms with E-state index in [4.69, 9.17) is 5.11 Å². The standard InChI is InChI=1S/C19H20N2O4S/c22-15(10-5-11-16(23)24)21-19-17(13-8-4-9-14(13)26-19)18(25)20-12-6-2-1-3-7-12/h1-3,6-7H,4-5,8-11H2,(H,20,25)(H,21,22)(H,23,24). The topological polar surface area (TPSA) is 95.5 Å². The molecule has 0 saturated heterocycles. The van der Waals surface area contributed by atoms with Crippen molar-refractivity contribution < 1.29 is 19.5 Å². The van der Waals surface area contributed by atoms with Crippen molar-refractivity contribution in [1.29, 1.82) is 0 Å². The van der Waals surface area contributed by atoms with Gasteiger partial charge in [-0.1, -0.05) is 18.2 Å². The van der Waals surface area contributed by atoms with Crippen molar-refractivity contribution in [3.8, 4) is 0 Å². The normalized spacial score (nSPS) is 12.5. The van der Waals surface area contributed by atoms with Gasteiger partial charge in [-0.15, -0.1) is 11.3 Å². The number of hydrogen-bond acceptors (Lipinski definition) is 4. The SMILES string of the molecule is O=C(O)CCCC(=O)Nc1sc2c(c1C(=O)Nc1ccccc1)CCC2. The molecule has 0 unspecified atom stereocenters. The summed E-state index contributed by atoms with van der Waals surface area (Å²) in [6.07, 6.45) is 3.11. The van der Waals surface area contributed by atoms with Crippen molar-refractivity contribution in [3.05, 3.63) is 46.3 Å². The molecule has 2 aromatic rings. The lowest BCUT2D eigenvalue weighted by Crippen LogP contribution is -2.17. The summed E-state index contributed by atoms with van der Waals surface area (Å²) in [4.78, 5) is 36.6. The third-order valence-electron chi connectivity index (χ3n) is 4.23. The summed E-state index contributed by atoms with van der Waals surface area (Å²) >= 11 is 1.45. The molecule has 0 saturated carbocycles. The van der Waals surface area contributed by atoms with Crippen LogP contribution >= 0.6 is 11.3 Å². The largest absolute Gasteiger partial charge is 0.481 e. The molecule has 6 nitrogen and oxygen atoms in total. The smallest absolute Gasteiger partial charge is 0.303 e. The zero-order valence-electron chi connectivity index (χ0n) is 14.2. The van der Waals surface area contributed by atoms with Crippen LogP contribution in [0.2, 0.25) is 0 Å². The molecule has 1 aliphatic rings. The predicted octanol–water partition coefficient (Wildman–Crippen LogP) is 3.68. The summed E-state index contributed by atoms with van der Waals surface area (Å²) in [5.74, 6) is -1.41. The van der Waals surface area contributed by atoms with E-state index >= 15 is 0 Å². The lowest BCUT2D eigenvalue weighted by Gasteiger charge is -2.09. The highest BCUT2D eigenvalue weighted by molar-refractivity contribution is 7.17. The molecule has 7 heteroatoms. The Bertz CT molecular complexity index is 830. The average molecular weight is 372 g/mol. The van der Waals surface area contributed by atoms with Crippen molar-refractivity contribution in [2.45, 2.75) is 38.5 Å². The molecule has 1 heterocycles. The monoisotopic (exact) mass is 372 g/mol. The number of aryl methyl sites for hydroxylation is 1. The van der Waals surface area contributed by atoms with Crippen LogP contribution in [-0.4, -0.2) is 22.9 Å². The number of nitrogens with one attached hydrogen (secondary N) is 2. The summed E-state index contributed by atoms with van der Waals surface area (Å²) in [6, 6.07) is 9.20. The van der Waals surface area contributed by atoms with Gasteiger partial charge in [-0.3, -0.25) is 14.4 Å². The number of para-hydroxylation sites is 1. The van der Waals surface area contributed by atoms with Gasteiger partial charge in [0.05, 0.1) is 5.56 Å². The van der Waals surface area contributed by atoms with Gasteiger partial charge in [-0.2, -0.15) is 0 Å². The first-order chi connectivity index (χ1) is 12.5. The molecule has 0 fully saturated rings. The van der Waals surface area contributed by atoms with E-state index < -0.39 is 5.97 Å². The van der Waals surface area contributed by atoms with Crippen molar-refractivity contribution in [2.24, 2.45) is 0 Å². The molecule has 1 aromatic carbocycles. The van der Waals surface area contributed by atoms with E-state index in [2.05, 4.69) is 10.6 Å². The second-order valence-corrected chi connectivity index (χ2v) is 7.28. The Morgan fingerprint density at radius 2 is 1.81 bits per heavy atom. The lowest BCUT2D eigenvalue weighted by atomic mass is 10.1. The van der Waals surface area contributed by atoms with E-state index in [9.17, 15) is 14.4 Å². The molecule has 136 valence electrons. The lowest BCUT2D eigenvalue weighted by molar-refractivity contribution is -0.137. The van der Waals surface area contributed by atoms with Crippen LogP contribution < -0.4 is 10.6 Å². The Balaban J connectivity index is 1.75. The summed E-state index contributed by atoms with van der Waals surface area (Å²) in [7, 11) is 0. The van der Waals surface area contributed by atoms with Gasteiger partial charge in [-0.05, 0) is 43.4 Å². The van der Waals surface area contributed by atoms with E-state index in [-0.39, 0.29) is 31.1 Å². The number of carbonyl (C=O) groups excluding carboxylic acids is 2. The van der Waals surface area contributed by atoms with Crippen LogP contribution in [0.4, 0.5) is 10.7 Å². The number of thiophene rings is 1. The highest BCUT2D eigenvalue weighted by Gasteiger charge is 2.27. The molecule has 0 aliphatic heterocycles. The summed E-state index contributed by atoms with van der Waals surface area (Å²) in [5, 5.41) is 14.9. The Kier molecular flexibility index (Phi) is 5.68. The molecule has 26 heavy (non-hydrogen) atoms. The number of benzene rings is 1. The number of hydrogen-bond donors (Lipinski definition) is 3. The van der Waals surface area contributed by atoms with Crippen LogP contribution in [0.3, 0.4) is 0 Å². The average Bonchev–Trinajstić information content (AvgIpc) is 3.15. The molecule has 3 rings (SSSR count). The molecule has 1 aliphatic carbocycles. The molecule has 3 N–H and O–H groups in total. The number of amides is 2. The predicted molar refractivity (Wildman–Crippen MR) is 101 cm³/mol. The number of anilines is 2.